The molecule has 164 valence electrons. The summed E-state index contributed by atoms with van der Waals surface area (Å²) in [5.41, 5.74) is 1.52. The average Bonchev–Trinajstić information content (AvgIpc) is 2.78. The Kier molecular flexibility index (Phi) is 7.59. The third kappa shape index (κ3) is 5.59. The van der Waals surface area contributed by atoms with Crippen molar-refractivity contribution in [1.82, 2.24) is 10.2 Å². The first-order chi connectivity index (χ1) is 15.0. The molecule has 0 fully saturated rings. The first-order valence-electron chi connectivity index (χ1n) is 10.3. The van der Waals surface area contributed by atoms with E-state index in [0.29, 0.717) is 49.4 Å². The number of imide groups is 1. The Morgan fingerprint density at radius 2 is 1.94 bits per heavy atom. The van der Waals surface area contributed by atoms with Crippen molar-refractivity contribution in [3.8, 4) is 11.5 Å². The number of hydrogen-bond donors (Lipinski definition) is 1. The van der Waals surface area contributed by atoms with E-state index < -0.39 is 11.9 Å². The molecule has 31 heavy (non-hydrogen) atoms. The molecule has 1 atom stereocenters. The first kappa shape index (κ1) is 22.3. The number of rotatable bonds is 10. The fraction of sp³-hybridized carbons (Fsp3) is 0.391. The Balaban J connectivity index is 1.37. The number of fused-ring (bicyclic) bond motifs is 1. The van der Waals surface area contributed by atoms with Gasteiger partial charge in [-0.2, -0.15) is 4.99 Å². The number of methoxy groups -OCH3 is 2. The van der Waals surface area contributed by atoms with E-state index in [1.165, 1.54) is 4.90 Å². The number of benzene rings is 1. The van der Waals surface area contributed by atoms with Crippen LogP contribution in [0, 0.1) is 5.92 Å². The van der Waals surface area contributed by atoms with Gasteiger partial charge in [0.15, 0.2) is 11.5 Å². The summed E-state index contributed by atoms with van der Waals surface area (Å²) in [7, 11) is 3.17. The normalized spacial score (nSPS) is 17.3. The number of ether oxygens (including phenoxy) is 2. The summed E-state index contributed by atoms with van der Waals surface area (Å²) >= 11 is 0. The SMILES string of the molecule is COc1ccc(CCNC(=O)CCCCN2C(=O)N=C3C=CC=CC3C2=O)cc1OC. The minimum atomic E-state index is -0.532. The van der Waals surface area contributed by atoms with Crippen LogP contribution in [-0.4, -0.2) is 55.8 Å². The Morgan fingerprint density at radius 1 is 1.13 bits per heavy atom. The summed E-state index contributed by atoms with van der Waals surface area (Å²) in [5, 5.41) is 2.89. The van der Waals surface area contributed by atoms with E-state index in [9.17, 15) is 14.4 Å². The predicted molar refractivity (Wildman–Crippen MR) is 116 cm³/mol. The maximum atomic E-state index is 12.5. The number of nitrogens with zero attached hydrogens (tertiary/aromatic N) is 2. The van der Waals surface area contributed by atoms with Crippen LogP contribution in [0.3, 0.4) is 0 Å². The molecule has 0 saturated carbocycles. The van der Waals surface area contributed by atoms with Crippen molar-refractivity contribution in [3.05, 3.63) is 48.1 Å². The number of amides is 4. The summed E-state index contributed by atoms with van der Waals surface area (Å²) in [6, 6.07) is 5.13. The van der Waals surface area contributed by atoms with Gasteiger partial charge in [0.05, 0.1) is 25.8 Å². The Hall–Kier alpha value is -3.42. The molecule has 0 bridgehead atoms. The number of allylic oxidation sites excluding steroid dienone is 3. The smallest absolute Gasteiger partial charge is 0.350 e. The Labute approximate surface area is 181 Å². The minimum Gasteiger partial charge on any atom is -0.493 e. The highest BCUT2D eigenvalue weighted by molar-refractivity contribution is 6.21. The zero-order valence-electron chi connectivity index (χ0n) is 17.8. The lowest BCUT2D eigenvalue weighted by molar-refractivity contribution is -0.129. The highest BCUT2D eigenvalue weighted by Gasteiger charge is 2.35. The second-order valence-electron chi connectivity index (χ2n) is 7.28. The number of unbranched alkanes of at least 4 members (excludes halogenated alkanes) is 1. The molecule has 3 rings (SSSR count). The minimum absolute atomic E-state index is 0.0579. The molecule has 1 aromatic rings. The van der Waals surface area contributed by atoms with Gasteiger partial charge in [-0.3, -0.25) is 14.5 Å². The van der Waals surface area contributed by atoms with Crippen LogP contribution in [-0.2, 0) is 16.0 Å². The molecule has 0 radical (unpaired) electrons. The monoisotopic (exact) mass is 425 g/mol. The third-order valence-corrected chi connectivity index (χ3v) is 5.21. The van der Waals surface area contributed by atoms with Crippen LogP contribution >= 0.6 is 0 Å². The maximum Gasteiger partial charge on any atom is 0.350 e. The van der Waals surface area contributed by atoms with E-state index in [2.05, 4.69) is 10.3 Å². The summed E-state index contributed by atoms with van der Waals surface area (Å²) in [4.78, 5) is 41.9. The quantitative estimate of drug-likeness (QED) is 0.582. The number of urea groups is 1. The number of aliphatic imine (C=N–C) groups is 1. The first-order valence-corrected chi connectivity index (χ1v) is 10.3. The van der Waals surface area contributed by atoms with Crippen LogP contribution in [0.5, 0.6) is 11.5 Å². The van der Waals surface area contributed by atoms with Crippen molar-refractivity contribution in [2.45, 2.75) is 25.7 Å². The Bertz CT molecular complexity index is 935. The molecule has 1 unspecified atom stereocenters. The van der Waals surface area contributed by atoms with Crippen molar-refractivity contribution in [1.29, 1.82) is 0 Å². The zero-order chi connectivity index (χ0) is 22.2. The van der Waals surface area contributed by atoms with Gasteiger partial charge in [0.2, 0.25) is 11.8 Å². The lowest BCUT2D eigenvalue weighted by Crippen LogP contribution is -2.46. The van der Waals surface area contributed by atoms with Gasteiger partial charge in [0.25, 0.3) is 0 Å². The molecule has 1 aliphatic heterocycles. The molecule has 1 N–H and O–H groups in total. The van der Waals surface area contributed by atoms with E-state index in [4.69, 9.17) is 9.47 Å². The van der Waals surface area contributed by atoms with Crippen molar-refractivity contribution in [2.24, 2.45) is 10.9 Å². The lowest BCUT2D eigenvalue weighted by Gasteiger charge is -2.28. The van der Waals surface area contributed by atoms with Gasteiger partial charge in [-0.15, -0.1) is 0 Å². The molecule has 2 aliphatic rings. The van der Waals surface area contributed by atoms with Gasteiger partial charge < -0.3 is 14.8 Å². The average molecular weight is 425 g/mol. The number of carbonyl (C=O) groups is 3. The van der Waals surface area contributed by atoms with Crippen molar-refractivity contribution in [3.63, 3.8) is 0 Å². The topological polar surface area (TPSA) is 97.3 Å². The fourth-order valence-electron chi connectivity index (χ4n) is 3.51. The molecule has 0 aromatic heterocycles. The second kappa shape index (κ2) is 10.6. The predicted octanol–water partition coefficient (Wildman–Crippen LogP) is 2.68. The standard InChI is InChI=1S/C23H27N3O5/c1-30-19-11-10-16(15-20(19)31-2)12-13-24-21(27)9-5-6-14-26-22(28)17-7-3-4-8-18(17)25-23(26)29/h3-4,7-8,10-11,15,17H,5-6,9,12-14H2,1-2H3,(H,24,27). The van der Waals surface area contributed by atoms with E-state index in [1.54, 1.807) is 38.5 Å². The summed E-state index contributed by atoms with van der Waals surface area (Å²) in [6.45, 7) is 0.776. The molecule has 4 amide bonds. The van der Waals surface area contributed by atoms with E-state index in [1.807, 2.05) is 18.2 Å². The van der Waals surface area contributed by atoms with Crippen LogP contribution in [0.2, 0.25) is 0 Å². The molecule has 0 spiro atoms. The summed E-state index contributed by atoms with van der Waals surface area (Å²) in [6.07, 6.45) is 9.11. The van der Waals surface area contributed by atoms with Gasteiger partial charge >= 0.3 is 6.03 Å². The molecule has 8 heteroatoms. The van der Waals surface area contributed by atoms with Gasteiger partial charge in [-0.1, -0.05) is 24.3 Å². The fourth-order valence-corrected chi connectivity index (χ4v) is 3.51. The van der Waals surface area contributed by atoms with Crippen LogP contribution < -0.4 is 14.8 Å². The van der Waals surface area contributed by atoms with E-state index in [-0.39, 0.29) is 18.4 Å². The van der Waals surface area contributed by atoms with Crippen molar-refractivity contribution in [2.75, 3.05) is 27.3 Å². The number of hydrogen-bond acceptors (Lipinski definition) is 5. The van der Waals surface area contributed by atoms with Crippen LogP contribution in [0.15, 0.2) is 47.5 Å². The largest absolute Gasteiger partial charge is 0.493 e. The van der Waals surface area contributed by atoms with Crippen molar-refractivity contribution < 1.29 is 23.9 Å². The van der Waals surface area contributed by atoms with Crippen molar-refractivity contribution >= 4 is 23.6 Å². The van der Waals surface area contributed by atoms with Gasteiger partial charge in [0.1, 0.15) is 0 Å². The van der Waals surface area contributed by atoms with Crippen LogP contribution in [0.4, 0.5) is 4.79 Å². The molecule has 8 nitrogen and oxygen atoms in total. The van der Waals surface area contributed by atoms with Gasteiger partial charge in [-0.25, -0.2) is 4.79 Å². The van der Waals surface area contributed by atoms with Crippen LogP contribution in [0.1, 0.15) is 24.8 Å². The maximum absolute atomic E-state index is 12.5. The Morgan fingerprint density at radius 3 is 2.71 bits per heavy atom. The summed E-state index contributed by atoms with van der Waals surface area (Å²) in [5.74, 6) is 0.526. The third-order valence-electron chi connectivity index (χ3n) is 5.21. The molecule has 1 aromatic carbocycles. The van der Waals surface area contributed by atoms with Gasteiger partial charge in [-0.05, 0) is 43.0 Å². The molecule has 1 aliphatic carbocycles. The summed E-state index contributed by atoms with van der Waals surface area (Å²) < 4.78 is 10.5. The zero-order valence-corrected chi connectivity index (χ0v) is 17.8. The molecule has 1 heterocycles. The highest BCUT2D eigenvalue weighted by atomic mass is 16.5. The molecular weight excluding hydrogens is 398 g/mol. The highest BCUT2D eigenvalue weighted by Crippen LogP contribution is 2.27. The van der Waals surface area contributed by atoms with Gasteiger partial charge in [0, 0.05) is 19.5 Å². The second-order valence-corrected chi connectivity index (χ2v) is 7.28. The van der Waals surface area contributed by atoms with E-state index >= 15 is 0 Å². The van der Waals surface area contributed by atoms with Crippen LogP contribution in [0.25, 0.3) is 0 Å². The number of carbonyl (C=O) groups excluding carboxylic acids is 3. The number of nitrogens with one attached hydrogen (secondary N) is 1. The molecule has 0 saturated heterocycles. The lowest BCUT2D eigenvalue weighted by atomic mass is 9.95. The molecular formula is C23H27N3O5. The van der Waals surface area contributed by atoms with E-state index in [0.717, 1.165) is 5.56 Å².